The lowest BCUT2D eigenvalue weighted by Crippen LogP contribution is -2.71. The quantitative estimate of drug-likeness (QED) is 0.0851. The summed E-state index contributed by atoms with van der Waals surface area (Å²) in [6, 6.07) is 20.3. The second-order valence-corrected chi connectivity index (χ2v) is 18.7. The summed E-state index contributed by atoms with van der Waals surface area (Å²) in [6.45, 7) is 14.8. The molecule has 9 heteroatoms. The van der Waals surface area contributed by atoms with E-state index in [-0.39, 0.29) is 36.2 Å². The summed E-state index contributed by atoms with van der Waals surface area (Å²) in [6.07, 6.45) is 1.09. The second kappa shape index (κ2) is 16.2. The molecule has 0 saturated carbocycles. The molecule has 2 saturated heterocycles. The van der Waals surface area contributed by atoms with Gasteiger partial charge in [-0.2, -0.15) is 0 Å². The highest BCUT2D eigenvalue weighted by Crippen LogP contribution is 2.47. The topological polar surface area (TPSA) is 81.7 Å². The molecule has 0 bridgehead atoms. The number of carbonyl (C=O) groups is 1. The SMILES string of the molecule is COCO[C@@H]1[C@H](OCc2ccccc2)[C@@H](CCOCc2ccccc2)O[C@H]2C[C@@H](O[Si](C)(C)C(C)(C)C)[C@H](CCC=O)O[C@@]21C. The lowest BCUT2D eigenvalue weighted by Gasteiger charge is -2.58. The van der Waals surface area contributed by atoms with E-state index in [0.29, 0.717) is 45.5 Å². The van der Waals surface area contributed by atoms with Crippen molar-refractivity contribution in [3.8, 4) is 0 Å². The van der Waals surface area contributed by atoms with Crippen molar-refractivity contribution in [3.63, 3.8) is 0 Å². The average molecular weight is 643 g/mol. The number of carbonyl (C=O) groups excluding carboxylic acids is 1. The monoisotopic (exact) mass is 642 g/mol. The summed E-state index contributed by atoms with van der Waals surface area (Å²) in [5, 5.41) is 0.0233. The summed E-state index contributed by atoms with van der Waals surface area (Å²) in [5.41, 5.74) is 1.33. The first-order chi connectivity index (χ1) is 21.5. The van der Waals surface area contributed by atoms with Gasteiger partial charge in [0.25, 0.3) is 0 Å². The molecule has 0 spiro atoms. The lowest BCUT2D eigenvalue weighted by atomic mass is 9.77. The van der Waals surface area contributed by atoms with E-state index in [1.54, 1.807) is 7.11 Å². The molecular weight excluding hydrogens is 588 g/mol. The van der Waals surface area contributed by atoms with Gasteiger partial charge in [-0.3, -0.25) is 0 Å². The predicted octanol–water partition coefficient (Wildman–Crippen LogP) is 6.85. The van der Waals surface area contributed by atoms with Crippen LogP contribution in [-0.2, 0) is 50.9 Å². The number of fused-ring (bicyclic) bond motifs is 1. The van der Waals surface area contributed by atoms with E-state index in [4.69, 9.17) is 32.8 Å². The predicted molar refractivity (Wildman–Crippen MR) is 176 cm³/mol. The number of rotatable bonds is 16. The number of ether oxygens (including phenoxy) is 6. The first kappa shape index (κ1) is 35.9. The third-order valence-electron chi connectivity index (χ3n) is 9.60. The molecule has 0 aromatic heterocycles. The fourth-order valence-corrected chi connectivity index (χ4v) is 7.40. The summed E-state index contributed by atoms with van der Waals surface area (Å²) in [5.74, 6) is 0. The Labute approximate surface area is 271 Å². The molecule has 0 radical (unpaired) electrons. The van der Waals surface area contributed by atoms with Crippen molar-refractivity contribution >= 4 is 14.6 Å². The zero-order valence-corrected chi connectivity index (χ0v) is 29.2. The van der Waals surface area contributed by atoms with Crippen LogP contribution in [0.25, 0.3) is 0 Å². The van der Waals surface area contributed by atoms with Crippen LogP contribution in [0.1, 0.15) is 64.5 Å². The standard InChI is InChI=1S/C36H54O8Si/c1-35(2,3)45(6,7)44-31-23-32-36(4,43-29(31)19-14-21-37)34(41-26-38-5)33(40-25-28-17-12-9-13-18-28)30(42-32)20-22-39-24-27-15-10-8-11-16-27/h8-13,15-18,21,29-34H,14,19-20,22-26H2,1-7H3/t29-,30+,31+,32-,33+,34+,36-/m0/s1. The van der Waals surface area contributed by atoms with Crippen molar-refractivity contribution in [2.75, 3.05) is 20.5 Å². The first-order valence-corrected chi connectivity index (χ1v) is 19.2. The normalized spacial score (nSPS) is 28.9. The van der Waals surface area contributed by atoms with Crippen LogP contribution in [0.4, 0.5) is 0 Å². The molecule has 2 aliphatic rings. The van der Waals surface area contributed by atoms with E-state index in [0.717, 1.165) is 17.4 Å². The Bertz CT molecular complexity index is 1160. The zero-order chi connectivity index (χ0) is 32.5. The Morgan fingerprint density at radius 1 is 0.933 bits per heavy atom. The Morgan fingerprint density at radius 2 is 1.58 bits per heavy atom. The van der Waals surface area contributed by atoms with Gasteiger partial charge in [0.05, 0.1) is 37.6 Å². The van der Waals surface area contributed by atoms with Gasteiger partial charge in [-0.05, 0) is 49.0 Å². The van der Waals surface area contributed by atoms with Crippen molar-refractivity contribution in [1.82, 2.24) is 0 Å². The summed E-state index contributed by atoms with van der Waals surface area (Å²) < 4.78 is 45.6. The van der Waals surface area contributed by atoms with Gasteiger partial charge >= 0.3 is 0 Å². The molecule has 0 aliphatic carbocycles. The largest absolute Gasteiger partial charge is 0.411 e. The summed E-state index contributed by atoms with van der Waals surface area (Å²) >= 11 is 0. The van der Waals surface area contributed by atoms with Crippen LogP contribution in [0.3, 0.4) is 0 Å². The van der Waals surface area contributed by atoms with Crippen molar-refractivity contribution in [1.29, 1.82) is 0 Å². The highest BCUT2D eigenvalue weighted by Gasteiger charge is 2.60. The van der Waals surface area contributed by atoms with Gasteiger partial charge in [-0.25, -0.2) is 0 Å². The fourth-order valence-electron chi connectivity index (χ4n) is 6.04. The lowest BCUT2D eigenvalue weighted by molar-refractivity contribution is -0.344. The van der Waals surface area contributed by atoms with Gasteiger partial charge in [-0.15, -0.1) is 0 Å². The van der Waals surface area contributed by atoms with Crippen LogP contribution in [0.5, 0.6) is 0 Å². The van der Waals surface area contributed by atoms with Gasteiger partial charge < -0.3 is 37.6 Å². The van der Waals surface area contributed by atoms with Gasteiger partial charge in [0.1, 0.15) is 30.9 Å². The van der Waals surface area contributed by atoms with Gasteiger partial charge in [0.2, 0.25) is 0 Å². The van der Waals surface area contributed by atoms with Crippen molar-refractivity contribution in [2.45, 2.75) is 127 Å². The van der Waals surface area contributed by atoms with Crippen molar-refractivity contribution < 1.29 is 37.6 Å². The number of hydrogen-bond donors (Lipinski definition) is 0. The molecular formula is C36H54O8Si. The molecule has 250 valence electrons. The molecule has 0 amide bonds. The molecule has 0 N–H and O–H groups in total. The molecule has 2 fully saturated rings. The van der Waals surface area contributed by atoms with Crippen LogP contribution in [-0.4, -0.2) is 77.3 Å². The van der Waals surface area contributed by atoms with Gasteiger partial charge in [0, 0.05) is 26.6 Å². The van der Waals surface area contributed by atoms with Gasteiger partial charge in [-0.1, -0.05) is 81.4 Å². The molecule has 45 heavy (non-hydrogen) atoms. The Hall–Kier alpha value is -1.95. The van der Waals surface area contributed by atoms with Gasteiger partial charge in [0.15, 0.2) is 8.32 Å². The van der Waals surface area contributed by atoms with Crippen LogP contribution < -0.4 is 0 Å². The average Bonchev–Trinajstić information content (AvgIpc) is 3.01. The molecule has 8 nitrogen and oxygen atoms in total. The van der Waals surface area contributed by atoms with E-state index in [2.05, 4.69) is 52.9 Å². The second-order valence-electron chi connectivity index (χ2n) is 14.0. The Balaban J connectivity index is 1.61. The van der Waals surface area contributed by atoms with E-state index in [9.17, 15) is 4.79 Å². The van der Waals surface area contributed by atoms with Crippen LogP contribution in [0.2, 0.25) is 18.1 Å². The van der Waals surface area contributed by atoms with E-state index >= 15 is 0 Å². The van der Waals surface area contributed by atoms with E-state index in [1.807, 2.05) is 48.5 Å². The van der Waals surface area contributed by atoms with Crippen LogP contribution in [0.15, 0.2) is 60.7 Å². The summed E-state index contributed by atoms with van der Waals surface area (Å²) in [7, 11) is -0.534. The third-order valence-corrected chi connectivity index (χ3v) is 14.1. The number of methoxy groups -OCH3 is 1. The molecule has 2 heterocycles. The molecule has 7 atom stereocenters. The Kier molecular flexibility index (Phi) is 13.0. The summed E-state index contributed by atoms with van der Waals surface area (Å²) in [4.78, 5) is 11.5. The van der Waals surface area contributed by atoms with E-state index < -0.39 is 26.1 Å². The highest BCUT2D eigenvalue weighted by molar-refractivity contribution is 6.74. The Morgan fingerprint density at radius 3 is 2.18 bits per heavy atom. The smallest absolute Gasteiger partial charge is 0.192 e. The van der Waals surface area contributed by atoms with Crippen LogP contribution >= 0.6 is 0 Å². The number of aldehydes is 1. The van der Waals surface area contributed by atoms with Crippen molar-refractivity contribution in [3.05, 3.63) is 71.8 Å². The number of benzene rings is 2. The maximum atomic E-state index is 11.5. The zero-order valence-electron chi connectivity index (χ0n) is 28.2. The molecule has 4 rings (SSSR count). The highest BCUT2D eigenvalue weighted by atomic mass is 28.4. The number of hydrogen-bond acceptors (Lipinski definition) is 8. The molecule has 0 unspecified atom stereocenters. The van der Waals surface area contributed by atoms with E-state index in [1.165, 1.54) is 0 Å². The maximum absolute atomic E-state index is 11.5. The van der Waals surface area contributed by atoms with Crippen LogP contribution in [0, 0.1) is 0 Å². The first-order valence-electron chi connectivity index (χ1n) is 16.3. The molecule has 2 aromatic carbocycles. The molecule has 2 aliphatic heterocycles. The minimum Gasteiger partial charge on any atom is -0.411 e. The minimum absolute atomic E-state index is 0.0233. The third kappa shape index (κ3) is 9.32. The van der Waals surface area contributed by atoms with Crippen molar-refractivity contribution in [2.24, 2.45) is 0 Å². The minimum atomic E-state index is -2.15. The maximum Gasteiger partial charge on any atom is 0.192 e. The fraction of sp³-hybridized carbons (Fsp3) is 0.639. The molecule has 2 aromatic rings.